The Kier molecular flexibility index (Phi) is 4.15. The van der Waals surface area contributed by atoms with Crippen molar-refractivity contribution in [3.63, 3.8) is 0 Å². The number of alkyl halides is 1. The molecule has 0 saturated carbocycles. The summed E-state index contributed by atoms with van der Waals surface area (Å²) in [6.45, 7) is 6.08. The van der Waals surface area contributed by atoms with Gasteiger partial charge in [-0.2, -0.15) is 0 Å². The highest BCUT2D eigenvalue weighted by atomic mass is 35.5. The Bertz CT molecular complexity index is 374. The number of hydrogen-bond acceptors (Lipinski definition) is 1. The monoisotopic (exact) mass is 225 g/mol. The number of carbonyl (C=O) groups excluding carboxylic acids is 1. The number of nitrogens with one attached hydrogen (secondary N) is 1. The summed E-state index contributed by atoms with van der Waals surface area (Å²) in [5, 5.41) is 2.86. The molecule has 0 bridgehead atoms. The van der Waals surface area contributed by atoms with Gasteiger partial charge in [0.2, 0.25) is 5.91 Å². The van der Waals surface area contributed by atoms with Gasteiger partial charge in [-0.1, -0.05) is 6.07 Å². The number of halogens is 1. The molecule has 1 aromatic rings. The van der Waals surface area contributed by atoms with Crippen LogP contribution < -0.4 is 5.32 Å². The number of hydrogen-bond donors (Lipinski definition) is 1. The molecule has 2 nitrogen and oxygen atoms in total. The van der Waals surface area contributed by atoms with Gasteiger partial charge in [0.05, 0.1) is 0 Å². The molecule has 0 atom stereocenters. The van der Waals surface area contributed by atoms with Gasteiger partial charge in [-0.05, 0) is 43.5 Å². The zero-order valence-corrected chi connectivity index (χ0v) is 10.1. The first-order valence-electron chi connectivity index (χ1n) is 4.98. The lowest BCUT2D eigenvalue weighted by Gasteiger charge is -2.10. The van der Waals surface area contributed by atoms with E-state index in [2.05, 4.69) is 18.3 Å². The Hall–Kier alpha value is -1.02. The third-order valence-corrected chi connectivity index (χ3v) is 2.63. The first-order chi connectivity index (χ1) is 7.04. The van der Waals surface area contributed by atoms with Crippen LogP contribution in [0.3, 0.4) is 0 Å². The summed E-state index contributed by atoms with van der Waals surface area (Å²) in [5.74, 6) is 0.326. The van der Waals surface area contributed by atoms with Gasteiger partial charge in [-0.25, -0.2) is 0 Å². The van der Waals surface area contributed by atoms with Gasteiger partial charge < -0.3 is 5.32 Å². The van der Waals surface area contributed by atoms with Crippen molar-refractivity contribution in [3.8, 4) is 0 Å². The lowest BCUT2D eigenvalue weighted by Crippen LogP contribution is -2.12. The summed E-state index contributed by atoms with van der Waals surface area (Å²) in [6.07, 6.45) is 0.355. The maximum absolute atomic E-state index is 11.4. The number of anilines is 1. The summed E-state index contributed by atoms with van der Waals surface area (Å²) in [5.41, 5.74) is 4.39. The van der Waals surface area contributed by atoms with Gasteiger partial charge in [0.25, 0.3) is 0 Å². The van der Waals surface area contributed by atoms with Gasteiger partial charge in [-0.3, -0.25) is 4.79 Å². The van der Waals surface area contributed by atoms with Crippen LogP contribution in [0.25, 0.3) is 0 Å². The number of aryl methyl sites for hydroxylation is 3. The van der Waals surface area contributed by atoms with E-state index in [0.717, 1.165) is 11.3 Å². The second kappa shape index (κ2) is 5.17. The van der Waals surface area contributed by atoms with Crippen molar-refractivity contribution in [3.05, 3.63) is 28.8 Å². The number of benzene rings is 1. The molecule has 1 rings (SSSR count). The van der Waals surface area contributed by atoms with Gasteiger partial charge in [0.1, 0.15) is 0 Å². The first kappa shape index (κ1) is 12.1. The molecule has 0 aliphatic rings. The standard InChI is InChI=1S/C12H16ClNO/c1-8-6-10(3)11(7-9(8)2)14-12(15)4-5-13/h6-7H,4-5H2,1-3H3,(H,14,15). The highest BCUT2D eigenvalue weighted by Gasteiger charge is 2.05. The molecule has 0 aliphatic carbocycles. The molecule has 1 N–H and O–H groups in total. The summed E-state index contributed by atoms with van der Waals surface area (Å²) in [6, 6.07) is 4.07. The number of carbonyl (C=O) groups is 1. The average molecular weight is 226 g/mol. The minimum Gasteiger partial charge on any atom is -0.326 e. The van der Waals surface area contributed by atoms with Crippen LogP contribution in [0.1, 0.15) is 23.1 Å². The Morgan fingerprint density at radius 3 is 2.40 bits per heavy atom. The molecule has 0 saturated heterocycles. The zero-order chi connectivity index (χ0) is 11.4. The maximum Gasteiger partial charge on any atom is 0.225 e. The van der Waals surface area contributed by atoms with Crippen LogP contribution >= 0.6 is 11.6 Å². The fourth-order valence-electron chi connectivity index (χ4n) is 1.39. The Labute approximate surface area is 95.6 Å². The molecule has 15 heavy (non-hydrogen) atoms. The molecular weight excluding hydrogens is 210 g/mol. The first-order valence-corrected chi connectivity index (χ1v) is 5.51. The van der Waals surface area contributed by atoms with Crippen LogP contribution in [0.2, 0.25) is 0 Å². The largest absolute Gasteiger partial charge is 0.326 e. The molecular formula is C12H16ClNO. The smallest absolute Gasteiger partial charge is 0.225 e. The van der Waals surface area contributed by atoms with E-state index < -0.39 is 0 Å². The predicted molar refractivity (Wildman–Crippen MR) is 64.6 cm³/mol. The Balaban J connectivity index is 2.86. The Morgan fingerprint density at radius 2 is 1.80 bits per heavy atom. The minimum atomic E-state index is -0.0312. The van der Waals surface area contributed by atoms with Crippen LogP contribution in [-0.2, 0) is 4.79 Å². The third-order valence-electron chi connectivity index (χ3n) is 2.44. The SMILES string of the molecule is Cc1cc(C)c(NC(=O)CCCl)cc1C. The van der Waals surface area contributed by atoms with E-state index in [1.165, 1.54) is 11.1 Å². The second-order valence-electron chi connectivity index (χ2n) is 3.74. The van der Waals surface area contributed by atoms with E-state index in [-0.39, 0.29) is 5.91 Å². The van der Waals surface area contributed by atoms with Crippen LogP contribution in [0.5, 0.6) is 0 Å². The van der Waals surface area contributed by atoms with Crippen molar-refractivity contribution in [2.24, 2.45) is 0 Å². The van der Waals surface area contributed by atoms with E-state index in [0.29, 0.717) is 12.3 Å². The molecule has 3 heteroatoms. The predicted octanol–water partition coefficient (Wildman–Crippen LogP) is 3.18. The van der Waals surface area contributed by atoms with Crippen LogP contribution in [0.4, 0.5) is 5.69 Å². The molecule has 0 spiro atoms. The molecule has 0 radical (unpaired) electrons. The van der Waals surface area contributed by atoms with Crippen LogP contribution in [0.15, 0.2) is 12.1 Å². The van der Waals surface area contributed by atoms with E-state index in [1.54, 1.807) is 0 Å². The molecule has 0 heterocycles. The highest BCUT2D eigenvalue weighted by molar-refractivity contribution is 6.19. The lowest BCUT2D eigenvalue weighted by atomic mass is 10.0. The number of rotatable bonds is 3. The summed E-state index contributed by atoms with van der Waals surface area (Å²) >= 11 is 5.50. The molecule has 82 valence electrons. The topological polar surface area (TPSA) is 29.1 Å². The fraction of sp³-hybridized carbons (Fsp3) is 0.417. The van der Waals surface area contributed by atoms with Crippen molar-refractivity contribution < 1.29 is 4.79 Å². The van der Waals surface area contributed by atoms with E-state index in [1.807, 2.05) is 19.9 Å². The van der Waals surface area contributed by atoms with Crippen molar-refractivity contribution in [2.45, 2.75) is 27.2 Å². The highest BCUT2D eigenvalue weighted by Crippen LogP contribution is 2.20. The van der Waals surface area contributed by atoms with E-state index >= 15 is 0 Å². The molecule has 0 fully saturated rings. The van der Waals surface area contributed by atoms with Gasteiger partial charge in [0, 0.05) is 18.0 Å². The average Bonchev–Trinajstić information content (AvgIpc) is 2.14. The molecule has 0 aromatic heterocycles. The summed E-state index contributed by atoms with van der Waals surface area (Å²) in [4.78, 5) is 11.4. The van der Waals surface area contributed by atoms with Crippen molar-refractivity contribution in [1.29, 1.82) is 0 Å². The lowest BCUT2D eigenvalue weighted by molar-refractivity contribution is -0.115. The summed E-state index contributed by atoms with van der Waals surface area (Å²) < 4.78 is 0. The maximum atomic E-state index is 11.4. The molecule has 0 aliphatic heterocycles. The molecule has 0 unspecified atom stereocenters. The normalized spacial score (nSPS) is 10.1. The summed E-state index contributed by atoms with van der Waals surface area (Å²) in [7, 11) is 0. The van der Waals surface area contributed by atoms with Crippen molar-refractivity contribution in [1.82, 2.24) is 0 Å². The number of amides is 1. The van der Waals surface area contributed by atoms with Crippen molar-refractivity contribution in [2.75, 3.05) is 11.2 Å². The van der Waals surface area contributed by atoms with Crippen molar-refractivity contribution >= 4 is 23.2 Å². The molecule has 1 aromatic carbocycles. The van der Waals surface area contributed by atoms with E-state index in [4.69, 9.17) is 11.6 Å². The zero-order valence-electron chi connectivity index (χ0n) is 9.36. The second-order valence-corrected chi connectivity index (χ2v) is 4.12. The van der Waals surface area contributed by atoms with Crippen LogP contribution in [-0.4, -0.2) is 11.8 Å². The van der Waals surface area contributed by atoms with Gasteiger partial charge in [0.15, 0.2) is 0 Å². The van der Waals surface area contributed by atoms with Gasteiger partial charge >= 0.3 is 0 Å². The minimum absolute atomic E-state index is 0.0312. The quantitative estimate of drug-likeness (QED) is 0.787. The van der Waals surface area contributed by atoms with Crippen LogP contribution in [0, 0.1) is 20.8 Å². The van der Waals surface area contributed by atoms with Gasteiger partial charge in [-0.15, -0.1) is 11.6 Å². The fourth-order valence-corrected chi connectivity index (χ4v) is 1.57. The Morgan fingerprint density at radius 1 is 1.20 bits per heavy atom. The molecule has 1 amide bonds. The van der Waals surface area contributed by atoms with E-state index in [9.17, 15) is 4.79 Å². The third kappa shape index (κ3) is 3.24.